The molecule has 0 rings (SSSR count). The summed E-state index contributed by atoms with van der Waals surface area (Å²) in [5.74, 6) is 0.0139. The smallest absolute Gasteiger partial charge is 0.395 e. The van der Waals surface area contributed by atoms with Gasteiger partial charge in [-0.1, -0.05) is 0 Å². The molecule has 0 bridgehead atoms. The molecular formula is C6H12F3NOS. The van der Waals surface area contributed by atoms with Gasteiger partial charge in [-0.15, -0.1) is 0 Å². The van der Waals surface area contributed by atoms with Crippen molar-refractivity contribution in [2.75, 3.05) is 32.5 Å². The highest BCUT2D eigenvalue weighted by atomic mass is 32.2. The molecule has 1 N–H and O–H groups in total. The first-order valence-corrected chi connectivity index (χ1v) is 4.44. The second-order valence-corrected chi connectivity index (χ2v) is 3.48. The van der Waals surface area contributed by atoms with Crippen molar-refractivity contribution in [3.8, 4) is 0 Å². The van der Waals surface area contributed by atoms with Gasteiger partial charge in [0, 0.05) is 18.8 Å². The Labute approximate surface area is 73.7 Å². The summed E-state index contributed by atoms with van der Waals surface area (Å²) in [6.07, 6.45) is 0. The molecule has 0 aromatic heterocycles. The van der Waals surface area contributed by atoms with Crippen LogP contribution in [0.3, 0.4) is 0 Å². The number of hydrogen-bond acceptors (Lipinski definition) is 3. The molecule has 0 aliphatic heterocycles. The predicted molar refractivity (Wildman–Crippen MR) is 43.1 cm³/mol. The fraction of sp³-hybridized carbons (Fsp3) is 1.00. The summed E-state index contributed by atoms with van der Waals surface area (Å²) in [7, 11) is 1.67. The highest BCUT2D eigenvalue weighted by Gasteiger charge is 2.27. The van der Waals surface area contributed by atoms with Crippen LogP contribution in [-0.4, -0.2) is 48.0 Å². The molecule has 0 amide bonds. The standard InChI is InChI=1S/C6H12F3NOS/c1-10(2-4-11)3-5-12-6(7,8)9/h11H,2-5H2,1H3. The third-order valence-corrected chi connectivity index (χ3v) is 1.93. The fourth-order valence-corrected chi connectivity index (χ4v) is 1.23. The number of hydrogen-bond donors (Lipinski definition) is 1. The molecule has 74 valence electrons. The lowest BCUT2D eigenvalue weighted by Crippen LogP contribution is -2.25. The molecule has 0 aliphatic carbocycles. The highest BCUT2D eigenvalue weighted by molar-refractivity contribution is 8.00. The molecule has 0 aliphatic rings. The molecule has 0 fully saturated rings. The Morgan fingerprint density at radius 1 is 1.33 bits per heavy atom. The van der Waals surface area contributed by atoms with Crippen LogP contribution in [0.2, 0.25) is 0 Å². The second-order valence-electron chi connectivity index (χ2n) is 2.32. The van der Waals surface area contributed by atoms with E-state index in [0.29, 0.717) is 13.1 Å². The van der Waals surface area contributed by atoms with E-state index in [9.17, 15) is 13.2 Å². The van der Waals surface area contributed by atoms with E-state index in [1.54, 1.807) is 11.9 Å². The molecule has 0 atom stereocenters. The van der Waals surface area contributed by atoms with Crippen molar-refractivity contribution < 1.29 is 18.3 Å². The zero-order chi connectivity index (χ0) is 9.61. The Balaban J connectivity index is 3.31. The first-order valence-electron chi connectivity index (χ1n) is 3.46. The van der Waals surface area contributed by atoms with Gasteiger partial charge in [0.15, 0.2) is 0 Å². The monoisotopic (exact) mass is 203 g/mol. The molecule has 0 radical (unpaired) electrons. The summed E-state index contributed by atoms with van der Waals surface area (Å²) in [6, 6.07) is 0. The largest absolute Gasteiger partial charge is 0.441 e. The molecule has 0 saturated heterocycles. The molecule has 12 heavy (non-hydrogen) atoms. The van der Waals surface area contributed by atoms with Gasteiger partial charge in [-0.05, 0) is 18.8 Å². The van der Waals surface area contributed by atoms with E-state index in [0.717, 1.165) is 0 Å². The SMILES string of the molecule is CN(CCO)CCSC(F)(F)F. The van der Waals surface area contributed by atoms with Crippen LogP contribution in [0.5, 0.6) is 0 Å². The summed E-state index contributed by atoms with van der Waals surface area (Å²) in [6.45, 7) is 0.732. The molecule has 0 aromatic rings. The maximum atomic E-state index is 11.6. The minimum Gasteiger partial charge on any atom is -0.395 e. The number of alkyl halides is 3. The second kappa shape index (κ2) is 5.66. The lowest BCUT2D eigenvalue weighted by molar-refractivity contribution is -0.0328. The Bertz CT molecular complexity index is 120. The summed E-state index contributed by atoms with van der Waals surface area (Å²) < 4.78 is 34.8. The van der Waals surface area contributed by atoms with E-state index in [1.165, 1.54) is 0 Å². The van der Waals surface area contributed by atoms with Crippen molar-refractivity contribution in [3.05, 3.63) is 0 Å². The maximum absolute atomic E-state index is 11.6. The van der Waals surface area contributed by atoms with Gasteiger partial charge in [0.1, 0.15) is 0 Å². The molecule has 0 saturated carbocycles. The maximum Gasteiger partial charge on any atom is 0.441 e. The number of aliphatic hydroxyl groups excluding tert-OH is 1. The van der Waals surface area contributed by atoms with Crippen molar-refractivity contribution in [1.29, 1.82) is 0 Å². The van der Waals surface area contributed by atoms with Gasteiger partial charge in [-0.25, -0.2) is 0 Å². The molecule has 0 unspecified atom stereocenters. The van der Waals surface area contributed by atoms with Gasteiger partial charge >= 0.3 is 5.51 Å². The number of aliphatic hydroxyl groups is 1. The normalized spacial score (nSPS) is 12.5. The number of likely N-dealkylation sites (N-methyl/N-ethyl adjacent to an activating group) is 1. The zero-order valence-electron chi connectivity index (χ0n) is 6.76. The Morgan fingerprint density at radius 3 is 2.33 bits per heavy atom. The van der Waals surface area contributed by atoms with Gasteiger partial charge in [0.25, 0.3) is 0 Å². The van der Waals surface area contributed by atoms with Gasteiger partial charge in [-0.3, -0.25) is 0 Å². The van der Waals surface area contributed by atoms with Crippen molar-refractivity contribution in [3.63, 3.8) is 0 Å². The summed E-state index contributed by atoms with van der Waals surface area (Å²) >= 11 is -0.0355. The number of halogens is 3. The van der Waals surface area contributed by atoms with Crippen LogP contribution in [0.15, 0.2) is 0 Å². The molecule has 2 nitrogen and oxygen atoms in total. The van der Waals surface area contributed by atoms with Crippen LogP contribution >= 0.6 is 11.8 Å². The van der Waals surface area contributed by atoms with Crippen LogP contribution in [0.1, 0.15) is 0 Å². The van der Waals surface area contributed by atoms with Crippen LogP contribution in [0.4, 0.5) is 13.2 Å². The topological polar surface area (TPSA) is 23.5 Å². The van der Waals surface area contributed by atoms with Crippen LogP contribution in [0, 0.1) is 0 Å². The van der Waals surface area contributed by atoms with Crippen molar-refractivity contribution >= 4 is 11.8 Å². The van der Waals surface area contributed by atoms with E-state index in [1.807, 2.05) is 0 Å². The first-order chi connectivity index (χ1) is 5.45. The van der Waals surface area contributed by atoms with E-state index in [4.69, 9.17) is 5.11 Å². The van der Waals surface area contributed by atoms with E-state index in [-0.39, 0.29) is 24.1 Å². The Kier molecular flexibility index (Phi) is 5.69. The minimum absolute atomic E-state index is 0.0139. The third kappa shape index (κ3) is 8.16. The van der Waals surface area contributed by atoms with Gasteiger partial charge in [-0.2, -0.15) is 13.2 Å². The van der Waals surface area contributed by atoms with Crippen molar-refractivity contribution in [2.45, 2.75) is 5.51 Å². The van der Waals surface area contributed by atoms with Crippen molar-refractivity contribution in [1.82, 2.24) is 4.90 Å². The number of thioether (sulfide) groups is 1. The summed E-state index contributed by atoms with van der Waals surface area (Å²) in [4.78, 5) is 1.65. The van der Waals surface area contributed by atoms with Crippen LogP contribution in [-0.2, 0) is 0 Å². The van der Waals surface area contributed by atoms with Crippen LogP contribution in [0.25, 0.3) is 0 Å². The Hall–Kier alpha value is 0.0600. The van der Waals surface area contributed by atoms with Gasteiger partial charge in [0.2, 0.25) is 0 Å². The predicted octanol–water partition coefficient (Wildman–Crippen LogP) is 1.16. The average Bonchev–Trinajstić information content (AvgIpc) is 1.84. The molecule has 0 aromatic carbocycles. The minimum atomic E-state index is -4.14. The fourth-order valence-electron chi connectivity index (χ4n) is 0.600. The third-order valence-electron chi connectivity index (χ3n) is 1.22. The van der Waals surface area contributed by atoms with E-state index >= 15 is 0 Å². The number of rotatable bonds is 5. The Morgan fingerprint density at radius 2 is 1.92 bits per heavy atom. The molecule has 6 heteroatoms. The van der Waals surface area contributed by atoms with E-state index < -0.39 is 5.51 Å². The van der Waals surface area contributed by atoms with Crippen LogP contribution < -0.4 is 0 Å². The quantitative estimate of drug-likeness (QED) is 0.725. The van der Waals surface area contributed by atoms with Gasteiger partial charge < -0.3 is 10.0 Å². The lowest BCUT2D eigenvalue weighted by atomic mass is 10.5. The van der Waals surface area contributed by atoms with Gasteiger partial charge in [0.05, 0.1) is 6.61 Å². The van der Waals surface area contributed by atoms with E-state index in [2.05, 4.69) is 0 Å². The summed E-state index contributed by atoms with van der Waals surface area (Å²) in [5.41, 5.74) is -4.14. The summed E-state index contributed by atoms with van der Waals surface area (Å²) in [5, 5.41) is 8.43. The highest BCUT2D eigenvalue weighted by Crippen LogP contribution is 2.29. The molecule has 0 heterocycles. The number of nitrogens with zero attached hydrogens (tertiary/aromatic N) is 1. The average molecular weight is 203 g/mol. The molecular weight excluding hydrogens is 191 g/mol. The zero-order valence-corrected chi connectivity index (χ0v) is 7.58. The lowest BCUT2D eigenvalue weighted by Gasteiger charge is -2.14. The van der Waals surface area contributed by atoms with Crippen molar-refractivity contribution in [2.24, 2.45) is 0 Å². The first kappa shape index (κ1) is 12.1. The molecule has 0 spiro atoms.